The van der Waals surface area contributed by atoms with Crippen LogP contribution in [0.25, 0.3) is 5.57 Å². The van der Waals surface area contributed by atoms with Gasteiger partial charge in [0.1, 0.15) is 5.02 Å². The summed E-state index contributed by atoms with van der Waals surface area (Å²) in [6.45, 7) is 0. The second-order valence-corrected chi connectivity index (χ2v) is 7.37. The number of carbonyl (C=O) groups excluding carboxylic acids is 1. The summed E-state index contributed by atoms with van der Waals surface area (Å²) < 4.78 is 11.6. The van der Waals surface area contributed by atoms with Gasteiger partial charge < -0.3 is 4.98 Å². The number of hydrogen-bond acceptors (Lipinski definition) is 3. The van der Waals surface area contributed by atoms with E-state index in [4.69, 9.17) is 11.6 Å². The molecule has 2 heterocycles. The highest BCUT2D eigenvalue weighted by Gasteiger charge is 2.15. The summed E-state index contributed by atoms with van der Waals surface area (Å²) in [5.74, 6) is -0.146. The first-order valence-corrected chi connectivity index (χ1v) is 9.53. The molecule has 128 valence electrons. The molecule has 1 aliphatic heterocycles. The van der Waals surface area contributed by atoms with Gasteiger partial charge in [-0.05, 0) is 42.3 Å². The molecule has 1 aromatic heterocycles. The Morgan fingerprint density at radius 3 is 2.44 bits per heavy atom. The molecule has 0 saturated carbocycles. The number of benzene rings is 1. The number of carbonyl (C=O) groups is 1. The Morgan fingerprint density at radius 2 is 1.88 bits per heavy atom. The number of aromatic nitrogens is 1. The average Bonchev–Trinajstić information content (AvgIpc) is 3.00. The Labute approximate surface area is 151 Å². The Kier molecular flexibility index (Phi) is 5.11. The van der Waals surface area contributed by atoms with Gasteiger partial charge in [0.2, 0.25) is 5.91 Å². The van der Waals surface area contributed by atoms with Gasteiger partial charge in [-0.2, -0.15) is 0 Å². The van der Waals surface area contributed by atoms with E-state index in [0.717, 1.165) is 11.1 Å². The molecule has 3 rings (SSSR count). The van der Waals surface area contributed by atoms with Crippen molar-refractivity contribution >= 4 is 39.6 Å². The maximum atomic E-state index is 11.9. The number of nitrogens with zero attached hydrogens (tertiary/aromatic N) is 1. The highest BCUT2D eigenvalue weighted by atomic mass is 35.5. The summed E-state index contributed by atoms with van der Waals surface area (Å²) in [7, 11) is -1.07. The largest absolute Gasteiger partial charge is 0.321 e. The third-order valence-electron chi connectivity index (χ3n) is 3.82. The highest BCUT2D eigenvalue weighted by Crippen LogP contribution is 2.24. The number of H-pyrrole nitrogens is 1. The predicted octanol–water partition coefficient (Wildman–Crippen LogP) is 2.96. The molecular formula is C18H15ClN2O3S. The van der Waals surface area contributed by atoms with E-state index >= 15 is 0 Å². The number of hydrogen-bond donors (Lipinski definition) is 1. The molecule has 1 N–H and O–H groups in total. The minimum absolute atomic E-state index is 0.105. The molecule has 1 amide bonds. The molecule has 0 fully saturated rings. The number of halogens is 1. The maximum absolute atomic E-state index is 11.9. The smallest absolute Gasteiger partial charge is 0.267 e. The predicted molar refractivity (Wildman–Crippen MR) is 99.6 cm³/mol. The normalized spacial score (nSPS) is 16.0. The second-order valence-electron chi connectivity index (χ2n) is 5.58. The summed E-state index contributed by atoms with van der Waals surface area (Å²) in [6, 6.07) is 10.4. The zero-order chi connectivity index (χ0) is 18.0. The monoisotopic (exact) mass is 374 g/mol. The highest BCUT2D eigenvalue weighted by molar-refractivity contribution is 7.84. The standard InChI is InChI=1S/C18H15ClN2O3S/c1-25(24)13-5-2-11(3-6-13)14(10-12-4-9-17(22)20-12)16-8-7-15(19)18(23)21-16/h2-3,5-8,10H,4,9H2,1H3,(H,21,23)/b14-10+. The molecule has 0 bridgehead atoms. The van der Waals surface area contributed by atoms with E-state index in [1.54, 1.807) is 30.5 Å². The van der Waals surface area contributed by atoms with Crippen molar-refractivity contribution in [2.24, 2.45) is 4.99 Å². The fourth-order valence-corrected chi connectivity index (χ4v) is 3.16. The Balaban J connectivity index is 2.11. The van der Waals surface area contributed by atoms with Crippen LogP contribution >= 0.6 is 11.6 Å². The molecule has 1 atom stereocenters. The lowest BCUT2D eigenvalue weighted by Crippen LogP contribution is -2.09. The Morgan fingerprint density at radius 1 is 1.16 bits per heavy atom. The molecule has 0 radical (unpaired) electrons. The van der Waals surface area contributed by atoms with Gasteiger partial charge in [0.25, 0.3) is 5.56 Å². The first-order chi connectivity index (χ1) is 11.9. The zero-order valence-corrected chi connectivity index (χ0v) is 15.0. The molecular weight excluding hydrogens is 360 g/mol. The number of nitrogens with one attached hydrogen (secondary N) is 1. The molecule has 1 aromatic carbocycles. The van der Waals surface area contributed by atoms with E-state index in [1.807, 2.05) is 12.1 Å². The van der Waals surface area contributed by atoms with Gasteiger partial charge in [0.05, 0.1) is 0 Å². The van der Waals surface area contributed by atoms with Gasteiger partial charge in [-0.1, -0.05) is 23.7 Å². The van der Waals surface area contributed by atoms with Gasteiger partial charge in [0, 0.05) is 45.4 Å². The number of aliphatic imine (C=N–C) groups is 1. The Bertz CT molecular complexity index is 975. The van der Waals surface area contributed by atoms with Gasteiger partial charge >= 0.3 is 0 Å². The molecule has 7 heteroatoms. The second kappa shape index (κ2) is 7.29. The van der Waals surface area contributed by atoms with Crippen LogP contribution in [0.4, 0.5) is 0 Å². The van der Waals surface area contributed by atoms with Crippen molar-refractivity contribution in [2.45, 2.75) is 17.7 Å². The third kappa shape index (κ3) is 4.03. The number of amides is 1. The topological polar surface area (TPSA) is 79.4 Å². The van der Waals surface area contributed by atoms with Gasteiger partial charge in [-0.15, -0.1) is 0 Å². The summed E-state index contributed by atoms with van der Waals surface area (Å²) in [4.78, 5) is 30.7. The number of allylic oxidation sites excluding steroid dienone is 1. The van der Waals surface area contributed by atoms with Crippen molar-refractivity contribution in [3.05, 3.63) is 69.1 Å². The fourth-order valence-electron chi connectivity index (χ4n) is 2.53. The van der Waals surface area contributed by atoms with E-state index in [0.29, 0.717) is 29.1 Å². The first kappa shape index (κ1) is 17.5. The minimum Gasteiger partial charge on any atom is -0.321 e. The fraction of sp³-hybridized carbons (Fsp3) is 0.167. The van der Waals surface area contributed by atoms with Crippen LogP contribution in [0.1, 0.15) is 24.1 Å². The number of pyridine rings is 1. The quantitative estimate of drug-likeness (QED) is 0.893. The summed E-state index contributed by atoms with van der Waals surface area (Å²) in [5.41, 5.74) is 2.38. The van der Waals surface area contributed by atoms with Gasteiger partial charge in [0.15, 0.2) is 0 Å². The van der Waals surface area contributed by atoms with Crippen molar-refractivity contribution in [2.75, 3.05) is 6.26 Å². The van der Waals surface area contributed by atoms with Gasteiger partial charge in [-0.3, -0.25) is 13.8 Å². The molecule has 0 spiro atoms. The summed E-state index contributed by atoms with van der Waals surface area (Å²) in [5, 5.41) is 0.105. The van der Waals surface area contributed by atoms with Crippen LogP contribution in [0, 0.1) is 0 Å². The van der Waals surface area contributed by atoms with E-state index in [1.165, 1.54) is 6.07 Å². The van der Waals surface area contributed by atoms with Crippen molar-refractivity contribution in [3.63, 3.8) is 0 Å². The Hall–Kier alpha value is -2.31. The molecule has 25 heavy (non-hydrogen) atoms. The average molecular weight is 375 g/mol. The molecule has 1 unspecified atom stereocenters. The van der Waals surface area contributed by atoms with Crippen molar-refractivity contribution in [1.82, 2.24) is 4.98 Å². The SMILES string of the molecule is CS(=O)c1ccc(/C(=C\C2=NC(=O)CC2)c2ccc(Cl)c(=O)[nH]2)cc1. The van der Waals surface area contributed by atoms with E-state index in [-0.39, 0.29) is 16.5 Å². The zero-order valence-electron chi connectivity index (χ0n) is 13.4. The van der Waals surface area contributed by atoms with Gasteiger partial charge in [-0.25, -0.2) is 4.99 Å². The van der Waals surface area contributed by atoms with Crippen LogP contribution in [-0.4, -0.2) is 27.1 Å². The van der Waals surface area contributed by atoms with Crippen LogP contribution in [0.15, 0.2) is 57.2 Å². The van der Waals surface area contributed by atoms with Crippen LogP contribution in [0.3, 0.4) is 0 Å². The number of aromatic amines is 1. The van der Waals surface area contributed by atoms with E-state index < -0.39 is 10.8 Å². The van der Waals surface area contributed by atoms with Crippen LogP contribution in [-0.2, 0) is 15.6 Å². The van der Waals surface area contributed by atoms with Crippen LogP contribution < -0.4 is 5.56 Å². The van der Waals surface area contributed by atoms with Crippen molar-refractivity contribution in [3.8, 4) is 0 Å². The molecule has 5 nitrogen and oxygen atoms in total. The molecule has 2 aromatic rings. The van der Waals surface area contributed by atoms with Crippen molar-refractivity contribution in [1.29, 1.82) is 0 Å². The summed E-state index contributed by atoms with van der Waals surface area (Å²) >= 11 is 5.81. The lowest BCUT2D eigenvalue weighted by molar-refractivity contribution is -0.117. The van der Waals surface area contributed by atoms with E-state index in [2.05, 4.69) is 9.98 Å². The molecule has 0 saturated heterocycles. The minimum atomic E-state index is -1.07. The van der Waals surface area contributed by atoms with Crippen LogP contribution in [0.2, 0.25) is 5.02 Å². The molecule has 1 aliphatic rings. The third-order valence-corrected chi connectivity index (χ3v) is 5.06. The first-order valence-electron chi connectivity index (χ1n) is 7.59. The number of rotatable bonds is 4. The summed E-state index contributed by atoms with van der Waals surface area (Å²) in [6.07, 6.45) is 4.37. The lowest BCUT2D eigenvalue weighted by Gasteiger charge is -2.09. The van der Waals surface area contributed by atoms with Crippen LogP contribution in [0.5, 0.6) is 0 Å². The lowest BCUT2D eigenvalue weighted by atomic mass is 10.00. The van der Waals surface area contributed by atoms with Crippen molar-refractivity contribution < 1.29 is 9.00 Å². The maximum Gasteiger partial charge on any atom is 0.267 e. The van der Waals surface area contributed by atoms with E-state index in [9.17, 15) is 13.8 Å². The molecule has 0 aliphatic carbocycles.